The molecular weight excluding hydrogens is 326 g/mol. The van der Waals surface area contributed by atoms with E-state index in [1.54, 1.807) is 23.2 Å². The first-order valence-corrected chi connectivity index (χ1v) is 9.09. The lowest BCUT2D eigenvalue weighted by molar-refractivity contribution is -0.127. The van der Waals surface area contributed by atoms with Crippen molar-refractivity contribution >= 4 is 28.8 Å². The number of carbonyl (C=O) groups excluding carboxylic acids is 2. The molecule has 6 nitrogen and oxygen atoms in total. The van der Waals surface area contributed by atoms with E-state index in [4.69, 9.17) is 4.52 Å². The molecule has 1 spiro atoms. The van der Waals surface area contributed by atoms with E-state index in [1.807, 2.05) is 21.7 Å². The van der Waals surface area contributed by atoms with E-state index in [9.17, 15) is 9.59 Å². The Bertz CT molecular complexity index is 770. The molecule has 0 bridgehead atoms. The summed E-state index contributed by atoms with van der Waals surface area (Å²) >= 11 is 1.59. The Morgan fingerprint density at radius 3 is 2.96 bits per heavy atom. The molecular formula is C17H19N3O3S. The zero-order valence-electron chi connectivity index (χ0n) is 13.5. The molecule has 2 fully saturated rings. The Hall–Kier alpha value is -2.15. The SMILES string of the molecule is Cc1nocc1C(=O)N1CCC[C@]2(CCN(c3ccsc3)C2=O)C1. The second kappa shape index (κ2) is 5.73. The second-order valence-corrected chi connectivity index (χ2v) is 7.39. The minimum atomic E-state index is -0.444. The molecule has 24 heavy (non-hydrogen) atoms. The number of amides is 2. The van der Waals surface area contributed by atoms with Gasteiger partial charge < -0.3 is 14.3 Å². The van der Waals surface area contributed by atoms with Crippen LogP contribution in [0, 0.1) is 12.3 Å². The second-order valence-electron chi connectivity index (χ2n) is 6.61. The number of hydrogen-bond donors (Lipinski definition) is 0. The molecule has 0 N–H and O–H groups in total. The smallest absolute Gasteiger partial charge is 0.259 e. The van der Waals surface area contributed by atoms with Crippen molar-refractivity contribution < 1.29 is 14.1 Å². The van der Waals surface area contributed by atoms with Gasteiger partial charge >= 0.3 is 0 Å². The van der Waals surface area contributed by atoms with Crippen molar-refractivity contribution in [1.29, 1.82) is 0 Å². The third kappa shape index (κ3) is 2.34. The summed E-state index contributed by atoms with van der Waals surface area (Å²) < 4.78 is 4.89. The van der Waals surface area contributed by atoms with Crippen molar-refractivity contribution in [2.24, 2.45) is 5.41 Å². The minimum absolute atomic E-state index is 0.0883. The van der Waals surface area contributed by atoms with E-state index in [0.29, 0.717) is 24.3 Å². The van der Waals surface area contributed by atoms with Crippen LogP contribution >= 0.6 is 11.3 Å². The van der Waals surface area contributed by atoms with Gasteiger partial charge in [0.1, 0.15) is 11.8 Å². The van der Waals surface area contributed by atoms with Crippen molar-refractivity contribution in [1.82, 2.24) is 10.1 Å². The summed E-state index contributed by atoms with van der Waals surface area (Å²) in [4.78, 5) is 29.5. The van der Waals surface area contributed by atoms with Crippen LogP contribution in [0.4, 0.5) is 5.69 Å². The Labute approximate surface area is 144 Å². The largest absolute Gasteiger partial charge is 0.364 e. The van der Waals surface area contributed by atoms with E-state index in [0.717, 1.165) is 31.5 Å². The summed E-state index contributed by atoms with van der Waals surface area (Å²) in [6.07, 6.45) is 3.89. The number of anilines is 1. The zero-order valence-corrected chi connectivity index (χ0v) is 14.3. The average Bonchev–Trinajstić information content (AvgIpc) is 3.31. The number of rotatable bonds is 2. The van der Waals surface area contributed by atoms with Crippen LogP contribution in [0.3, 0.4) is 0 Å². The van der Waals surface area contributed by atoms with Gasteiger partial charge in [-0.3, -0.25) is 9.59 Å². The fraction of sp³-hybridized carbons (Fsp3) is 0.471. The minimum Gasteiger partial charge on any atom is -0.364 e. The highest BCUT2D eigenvalue weighted by Gasteiger charge is 2.50. The summed E-state index contributed by atoms with van der Waals surface area (Å²) in [6.45, 7) is 3.65. The van der Waals surface area contributed by atoms with Gasteiger partial charge in [0.2, 0.25) is 5.91 Å². The number of hydrogen-bond acceptors (Lipinski definition) is 5. The lowest BCUT2D eigenvalue weighted by atomic mass is 9.78. The fourth-order valence-electron chi connectivity index (χ4n) is 3.83. The molecule has 2 aliphatic heterocycles. The van der Waals surface area contributed by atoms with Crippen LogP contribution in [0.15, 0.2) is 27.6 Å². The van der Waals surface area contributed by atoms with Crippen molar-refractivity contribution in [3.63, 3.8) is 0 Å². The maximum absolute atomic E-state index is 13.1. The van der Waals surface area contributed by atoms with Crippen molar-refractivity contribution in [3.8, 4) is 0 Å². The first kappa shape index (κ1) is 15.4. The van der Waals surface area contributed by atoms with Gasteiger partial charge in [0, 0.05) is 25.0 Å². The summed E-state index contributed by atoms with van der Waals surface area (Å²) in [5.41, 5.74) is 1.62. The van der Waals surface area contributed by atoms with Crippen LogP contribution in [-0.2, 0) is 4.79 Å². The van der Waals surface area contributed by atoms with E-state index < -0.39 is 5.41 Å². The van der Waals surface area contributed by atoms with Gasteiger partial charge in [0.15, 0.2) is 0 Å². The van der Waals surface area contributed by atoms with Crippen molar-refractivity contribution in [3.05, 3.63) is 34.3 Å². The fourth-order valence-corrected chi connectivity index (χ4v) is 4.47. The van der Waals surface area contributed by atoms with Gasteiger partial charge in [0.05, 0.1) is 16.8 Å². The van der Waals surface area contributed by atoms with Crippen LogP contribution in [0.5, 0.6) is 0 Å². The monoisotopic (exact) mass is 345 g/mol. The predicted octanol–water partition coefficient (Wildman–Crippen LogP) is 2.70. The van der Waals surface area contributed by atoms with E-state index in [1.165, 1.54) is 6.26 Å². The highest BCUT2D eigenvalue weighted by molar-refractivity contribution is 7.08. The maximum Gasteiger partial charge on any atom is 0.259 e. The molecule has 4 rings (SSSR count). The van der Waals surface area contributed by atoms with Gasteiger partial charge in [-0.1, -0.05) is 5.16 Å². The highest BCUT2D eigenvalue weighted by Crippen LogP contribution is 2.42. The van der Waals surface area contributed by atoms with Crippen LogP contribution in [0.2, 0.25) is 0 Å². The van der Waals surface area contributed by atoms with E-state index in [2.05, 4.69) is 5.16 Å². The number of aromatic nitrogens is 1. The molecule has 2 aromatic rings. The first-order valence-electron chi connectivity index (χ1n) is 8.15. The topological polar surface area (TPSA) is 66.7 Å². The molecule has 1 atom stereocenters. The maximum atomic E-state index is 13.1. The van der Waals surface area contributed by atoms with Gasteiger partial charge in [-0.2, -0.15) is 11.3 Å². The standard InChI is InChI=1S/C17H19N3O3S/c1-12-14(9-23-18-12)15(21)19-6-2-4-17(11-19)5-7-20(16(17)22)13-3-8-24-10-13/h3,8-10H,2,4-7,11H2,1H3/t17-/m0/s1. The third-order valence-corrected chi connectivity index (χ3v) is 5.85. The Balaban J connectivity index is 1.56. The van der Waals surface area contributed by atoms with Crippen LogP contribution in [0.25, 0.3) is 0 Å². The summed E-state index contributed by atoms with van der Waals surface area (Å²) in [7, 11) is 0. The lowest BCUT2D eigenvalue weighted by Gasteiger charge is -2.38. The Kier molecular flexibility index (Phi) is 3.68. The van der Waals surface area contributed by atoms with Crippen LogP contribution in [-0.4, -0.2) is 41.5 Å². The molecule has 2 saturated heterocycles. The number of piperidine rings is 1. The number of thiophene rings is 1. The Morgan fingerprint density at radius 1 is 1.38 bits per heavy atom. The van der Waals surface area contributed by atoms with Gasteiger partial charge in [-0.25, -0.2) is 0 Å². The number of aryl methyl sites for hydroxylation is 1. The molecule has 0 saturated carbocycles. The van der Waals surface area contributed by atoms with E-state index in [-0.39, 0.29) is 11.8 Å². The molecule has 126 valence electrons. The molecule has 4 heterocycles. The molecule has 0 aromatic carbocycles. The molecule has 2 aliphatic rings. The van der Waals surface area contributed by atoms with Crippen molar-refractivity contribution in [2.45, 2.75) is 26.2 Å². The lowest BCUT2D eigenvalue weighted by Crippen LogP contribution is -2.50. The molecule has 2 aromatic heterocycles. The number of nitrogens with zero attached hydrogens (tertiary/aromatic N) is 3. The molecule has 7 heteroatoms. The molecule has 0 unspecified atom stereocenters. The van der Waals surface area contributed by atoms with Crippen LogP contribution < -0.4 is 4.90 Å². The summed E-state index contributed by atoms with van der Waals surface area (Å²) in [5.74, 6) is 0.0649. The van der Waals surface area contributed by atoms with Crippen LogP contribution in [0.1, 0.15) is 35.3 Å². The Morgan fingerprint density at radius 2 is 2.25 bits per heavy atom. The van der Waals surface area contributed by atoms with Gasteiger partial charge in [-0.15, -0.1) is 0 Å². The first-order chi connectivity index (χ1) is 11.6. The normalized spacial score (nSPS) is 24.1. The predicted molar refractivity (Wildman–Crippen MR) is 90.1 cm³/mol. The number of likely N-dealkylation sites (tertiary alicyclic amines) is 1. The summed E-state index contributed by atoms with van der Waals surface area (Å²) in [5, 5.41) is 7.77. The van der Waals surface area contributed by atoms with Crippen molar-refractivity contribution in [2.75, 3.05) is 24.5 Å². The third-order valence-electron chi connectivity index (χ3n) is 5.18. The van der Waals surface area contributed by atoms with E-state index >= 15 is 0 Å². The van der Waals surface area contributed by atoms with Gasteiger partial charge in [-0.05, 0) is 37.6 Å². The van der Waals surface area contributed by atoms with Gasteiger partial charge in [0.25, 0.3) is 5.91 Å². The molecule has 0 radical (unpaired) electrons. The quantitative estimate of drug-likeness (QED) is 0.839. The molecule has 0 aliphatic carbocycles. The number of carbonyl (C=O) groups is 2. The summed E-state index contributed by atoms with van der Waals surface area (Å²) in [6, 6.07) is 1.98. The zero-order chi connectivity index (χ0) is 16.7. The average molecular weight is 345 g/mol. The highest BCUT2D eigenvalue weighted by atomic mass is 32.1. The molecule has 2 amide bonds.